The molecule has 0 amide bonds. The van der Waals surface area contributed by atoms with Crippen LogP contribution >= 0.6 is 11.6 Å². The SMILES string of the molecule is Clc1c(C2C=CCCC2)c2c3ccccc3oc2c2ccccc12. The summed E-state index contributed by atoms with van der Waals surface area (Å²) in [5, 5.41) is 5.40. The summed E-state index contributed by atoms with van der Waals surface area (Å²) in [5.74, 6) is 0.361. The average molecular weight is 333 g/mol. The molecule has 0 fully saturated rings. The van der Waals surface area contributed by atoms with Crippen molar-refractivity contribution in [2.45, 2.75) is 25.2 Å². The monoisotopic (exact) mass is 332 g/mol. The van der Waals surface area contributed by atoms with E-state index in [9.17, 15) is 0 Å². The lowest BCUT2D eigenvalue weighted by Gasteiger charge is -2.20. The van der Waals surface area contributed by atoms with Crippen molar-refractivity contribution < 1.29 is 4.42 Å². The smallest absolute Gasteiger partial charge is 0.143 e. The molecule has 118 valence electrons. The average Bonchev–Trinajstić information content (AvgIpc) is 3.03. The van der Waals surface area contributed by atoms with Gasteiger partial charge in [-0.3, -0.25) is 0 Å². The number of halogens is 1. The van der Waals surface area contributed by atoms with Gasteiger partial charge in [-0.2, -0.15) is 0 Å². The highest BCUT2D eigenvalue weighted by molar-refractivity contribution is 6.39. The van der Waals surface area contributed by atoms with Crippen LogP contribution in [-0.2, 0) is 0 Å². The van der Waals surface area contributed by atoms with E-state index >= 15 is 0 Å². The molecule has 0 saturated heterocycles. The van der Waals surface area contributed by atoms with E-state index in [0.29, 0.717) is 5.92 Å². The predicted octanol–water partition coefficient (Wildman–Crippen LogP) is 7.22. The van der Waals surface area contributed by atoms with E-state index in [1.807, 2.05) is 24.3 Å². The van der Waals surface area contributed by atoms with E-state index in [-0.39, 0.29) is 0 Å². The number of furan rings is 1. The van der Waals surface area contributed by atoms with Crippen molar-refractivity contribution >= 4 is 44.3 Å². The molecular weight excluding hydrogens is 316 g/mol. The minimum Gasteiger partial charge on any atom is -0.455 e. The van der Waals surface area contributed by atoms with Crippen LogP contribution in [-0.4, -0.2) is 0 Å². The Hall–Kier alpha value is -2.25. The third-order valence-electron chi connectivity index (χ3n) is 5.13. The Morgan fingerprint density at radius 2 is 1.67 bits per heavy atom. The number of benzene rings is 3. The Morgan fingerprint density at radius 3 is 2.46 bits per heavy atom. The first-order valence-electron chi connectivity index (χ1n) is 8.52. The zero-order valence-corrected chi connectivity index (χ0v) is 14.0. The van der Waals surface area contributed by atoms with Gasteiger partial charge in [0.05, 0.1) is 5.02 Å². The summed E-state index contributed by atoms with van der Waals surface area (Å²) in [6.45, 7) is 0. The predicted molar refractivity (Wildman–Crippen MR) is 102 cm³/mol. The maximum absolute atomic E-state index is 6.94. The molecule has 1 aliphatic carbocycles. The van der Waals surface area contributed by atoms with Crippen LogP contribution < -0.4 is 0 Å². The summed E-state index contributed by atoms with van der Waals surface area (Å²) < 4.78 is 6.27. The fourth-order valence-corrected chi connectivity index (χ4v) is 4.43. The van der Waals surface area contributed by atoms with Gasteiger partial charge in [-0.15, -0.1) is 0 Å². The third kappa shape index (κ3) is 1.94. The number of para-hydroxylation sites is 1. The summed E-state index contributed by atoms with van der Waals surface area (Å²) in [6.07, 6.45) is 8.12. The van der Waals surface area contributed by atoms with Gasteiger partial charge in [-0.1, -0.05) is 66.2 Å². The highest BCUT2D eigenvalue weighted by atomic mass is 35.5. The molecule has 0 N–H and O–H groups in total. The van der Waals surface area contributed by atoms with Crippen LogP contribution in [0.5, 0.6) is 0 Å². The van der Waals surface area contributed by atoms with Gasteiger partial charge in [0.15, 0.2) is 0 Å². The molecular formula is C22H17ClO. The minimum atomic E-state index is 0.361. The molecule has 1 heterocycles. The first-order chi connectivity index (χ1) is 11.8. The Kier molecular flexibility index (Phi) is 3.17. The van der Waals surface area contributed by atoms with Crippen LogP contribution in [0.1, 0.15) is 30.7 Å². The lowest BCUT2D eigenvalue weighted by atomic mass is 9.85. The summed E-state index contributed by atoms with van der Waals surface area (Å²) in [5.41, 5.74) is 3.12. The van der Waals surface area contributed by atoms with E-state index in [2.05, 4.69) is 36.4 Å². The quantitative estimate of drug-likeness (QED) is 0.335. The highest BCUT2D eigenvalue weighted by Crippen LogP contribution is 2.46. The van der Waals surface area contributed by atoms with Gasteiger partial charge in [-0.05, 0) is 30.9 Å². The molecule has 1 unspecified atom stereocenters. The molecule has 24 heavy (non-hydrogen) atoms. The second kappa shape index (κ2) is 5.39. The van der Waals surface area contributed by atoms with Crippen molar-refractivity contribution in [1.82, 2.24) is 0 Å². The van der Waals surface area contributed by atoms with Crippen LogP contribution in [0.25, 0.3) is 32.7 Å². The van der Waals surface area contributed by atoms with Crippen molar-refractivity contribution in [3.05, 3.63) is 71.3 Å². The van der Waals surface area contributed by atoms with E-state index in [4.69, 9.17) is 16.0 Å². The lowest BCUT2D eigenvalue weighted by molar-refractivity contribution is 0.655. The van der Waals surface area contributed by atoms with Crippen LogP contribution in [0, 0.1) is 0 Å². The number of allylic oxidation sites excluding steroid dienone is 2. The first kappa shape index (κ1) is 14.1. The molecule has 3 aromatic carbocycles. The topological polar surface area (TPSA) is 13.1 Å². The molecule has 1 nitrogen and oxygen atoms in total. The van der Waals surface area contributed by atoms with Crippen LogP contribution in [0.15, 0.2) is 65.1 Å². The maximum Gasteiger partial charge on any atom is 0.143 e. The van der Waals surface area contributed by atoms with Gasteiger partial charge >= 0.3 is 0 Å². The summed E-state index contributed by atoms with van der Waals surface area (Å²) >= 11 is 6.94. The number of hydrogen-bond acceptors (Lipinski definition) is 1. The van der Waals surface area contributed by atoms with Crippen molar-refractivity contribution in [1.29, 1.82) is 0 Å². The van der Waals surface area contributed by atoms with Crippen LogP contribution in [0.3, 0.4) is 0 Å². The Bertz CT molecular complexity index is 1100. The molecule has 2 heteroatoms. The van der Waals surface area contributed by atoms with Gasteiger partial charge in [-0.25, -0.2) is 0 Å². The molecule has 1 aromatic heterocycles. The van der Waals surface area contributed by atoms with Gasteiger partial charge in [0.25, 0.3) is 0 Å². The molecule has 0 saturated carbocycles. The van der Waals surface area contributed by atoms with Gasteiger partial charge in [0.1, 0.15) is 11.2 Å². The molecule has 1 aliphatic rings. The largest absolute Gasteiger partial charge is 0.455 e. The number of rotatable bonds is 1. The van der Waals surface area contributed by atoms with E-state index in [1.165, 1.54) is 17.4 Å². The standard InChI is InChI=1S/C22H17ClO/c23-21-15-10-4-5-11-16(15)22-20(17-12-6-7-13-18(17)24-22)19(21)14-8-2-1-3-9-14/h2,4-8,10-14H,1,3,9H2. The van der Waals surface area contributed by atoms with Crippen LogP contribution in [0.4, 0.5) is 0 Å². The summed E-state index contributed by atoms with van der Waals surface area (Å²) in [7, 11) is 0. The highest BCUT2D eigenvalue weighted by Gasteiger charge is 2.24. The third-order valence-corrected chi connectivity index (χ3v) is 5.54. The zero-order valence-electron chi connectivity index (χ0n) is 13.3. The van der Waals surface area contributed by atoms with E-state index < -0.39 is 0 Å². The van der Waals surface area contributed by atoms with E-state index in [1.54, 1.807) is 0 Å². The molecule has 0 radical (unpaired) electrons. The molecule has 4 aromatic rings. The molecule has 0 aliphatic heterocycles. The summed E-state index contributed by atoms with van der Waals surface area (Å²) in [6, 6.07) is 16.6. The second-order valence-electron chi connectivity index (χ2n) is 6.54. The van der Waals surface area contributed by atoms with Gasteiger partial charge < -0.3 is 4.42 Å². The fourth-order valence-electron chi connectivity index (χ4n) is 4.03. The van der Waals surface area contributed by atoms with E-state index in [0.717, 1.165) is 45.2 Å². The Morgan fingerprint density at radius 1 is 0.917 bits per heavy atom. The Labute approximate surface area is 145 Å². The first-order valence-corrected chi connectivity index (χ1v) is 8.90. The van der Waals surface area contributed by atoms with Crippen molar-refractivity contribution in [3.63, 3.8) is 0 Å². The number of hydrogen-bond donors (Lipinski definition) is 0. The minimum absolute atomic E-state index is 0.361. The number of fused-ring (bicyclic) bond motifs is 5. The fraction of sp³-hybridized carbons (Fsp3) is 0.182. The van der Waals surface area contributed by atoms with Crippen molar-refractivity contribution in [3.8, 4) is 0 Å². The van der Waals surface area contributed by atoms with Gasteiger partial charge in [0, 0.05) is 27.5 Å². The molecule has 5 rings (SSSR count). The summed E-state index contributed by atoms with van der Waals surface area (Å²) in [4.78, 5) is 0. The van der Waals surface area contributed by atoms with Gasteiger partial charge in [0.2, 0.25) is 0 Å². The Balaban J connectivity index is 2.02. The zero-order chi connectivity index (χ0) is 16.1. The lowest BCUT2D eigenvalue weighted by Crippen LogP contribution is -2.01. The maximum atomic E-state index is 6.94. The van der Waals surface area contributed by atoms with Crippen molar-refractivity contribution in [2.24, 2.45) is 0 Å². The normalized spacial score (nSPS) is 18.0. The molecule has 1 atom stereocenters. The molecule has 0 bridgehead atoms. The van der Waals surface area contributed by atoms with Crippen LogP contribution in [0.2, 0.25) is 5.02 Å². The van der Waals surface area contributed by atoms with Crippen molar-refractivity contribution in [2.75, 3.05) is 0 Å². The molecule has 0 spiro atoms. The second-order valence-corrected chi connectivity index (χ2v) is 6.92.